The highest BCUT2D eigenvalue weighted by Crippen LogP contribution is 2.51. The highest BCUT2D eigenvalue weighted by atomic mass is 32.2. The summed E-state index contributed by atoms with van der Waals surface area (Å²) in [4.78, 5) is 12.4. The van der Waals surface area contributed by atoms with Crippen LogP contribution in [0.5, 0.6) is 0 Å². The Kier molecular flexibility index (Phi) is 2.40. The summed E-state index contributed by atoms with van der Waals surface area (Å²) < 4.78 is 0.192. The van der Waals surface area contributed by atoms with Gasteiger partial charge in [0.1, 0.15) is 0 Å². The zero-order valence-corrected chi connectivity index (χ0v) is 9.16. The predicted molar refractivity (Wildman–Crippen MR) is 56.5 cm³/mol. The number of rotatable bonds is 0. The first kappa shape index (κ1) is 9.52. The van der Waals surface area contributed by atoms with Gasteiger partial charge in [-0.05, 0) is 13.3 Å². The number of amides is 1. The summed E-state index contributed by atoms with van der Waals surface area (Å²) in [6.07, 6.45) is 0.242. The summed E-state index contributed by atoms with van der Waals surface area (Å²) in [6, 6.07) is 0.190. The Morgan fingerprint density at radius 2 is 2.15 bits per heavy atom. The molecule has 0 saturated carbocycles. The minimum Gasteiger partial charge on any atom is -0.465 e. The average molecular weight is 219 g/mol. The second-order valence-electron chi connectivity index (χ2n) is 3.57. The van der Waals surface area contributed by atoms with Crippen molar-refractivity contribution in [3.63, 3.8) is 0 Å². The molecule has 2 aliphatic heterocycles. The lowest BCUT2D eigenvalue weighted by molar-refractivity contribution is 0.143. The molecule has 1 amide bonds. The maximum atomic E-state index is 10.9. The molecule has 0 aromatic carbocycles. The Labute approximate surface area is 86.2 Å². The van der Waals surface area contributed by atoms with Gasteiger partial charge < -0.3 is 10.0 Å². The Morgan fingerprint density at radius 1 is 1.54 bits per heavy atom. The first-order chi connectivity index (χ1) is 6.13. The van der Waals surface area contributed by atoms with Gasteiger partial charge in [0.2, 0.25) is 0 Å². The standard InChI is InChI=1S/C8H13NO2S2/c1-6-4-8(12-2-3-13-8)5-9(6)7(10)11/h6H,2-5H2,1H3,(H,10,11)/t6-/m1/s1. The van der Waals surface area contributed by atoms with Crippen LogP contribution in [0, 0.1) is 0 Å². The van der Waals surface area contributed by atoms with E-state index in [1.54, 1.807) is 4.90 Å². The molecule has 2 rings (SSSR count). The van der Waals surface area contributed by atoms with Crippen molar-refractivity contribution in [2.45, 2.75) is 23.5 Å². The third-order valence-corrected chi connectivity index (χ3v) is 6.03. The molecule has 3 nitrogen and oxygen atoms in total. The summed E-state index contributed by atoms with van der Waals surface area (Å²) in [6.45, 7) is 2.71. The number of hydrogen-bond acceptors (Lipinski definition) is 3. The van der Waals surface area contributed by atoms with E-state index in [1.165, 1.54) is 11.5 Å². The van der Waals surface area contributed by atoms with Crippen molar-refractivity contribution < 1.29 is 9.90 Å². The highest BCUT2D eigenvalue weighted by Gasteiger charge is 2.47. The number of likely N-dealkylation sites (tertiary alicyclic amines) is 1. The van der Waals surface area contributed by atoms with Crippen molar-refractivity contribution in [2.75, 3.05) is 18.1 Å². The molecule has 2 saturated heterocycles. The minimum atomic E-state index is -0.766. The number of thioether (sulfide) groups is 2. The molecule has 0 unspecified atom stereocenters. The minimum absolute atomic E-state index is 0.190. The van der Waals surface area contributed by atoms with Crippen molar-refractivity contribution in [2.24, 2.45) is 0 Å². The summed E-state index contributed by atoms with van der Waals surface area (Å²) in [7, 11) is 0. The molecule has 0 aromatic rings. The maximum absolute atomic E-state index is 10.9. The largest absolute Gasteiger partial charge is 0.465 e. The quantitative estimate of drug-likeness (QED) is 0.676. The molecule has 74 valence electrons. The summed E-state index contributed by atoms with van der Waals surface area (Å²) in [5, 5.41) is 8.93. The van der Waals surface area contributed by atoms with Gasteiger partial charge in [0.25, 0.3) is 0 Å². The molecule has 2 fully saturated rings. The van der Waals surface area contributed by atoms with Gasteiger partial charge in [0.05, 0.1) is 4.08 Å². The molecular formula is C8H13NO2S2. The molecule has 2 aliphatic rings. The molecule has 0 radical (unpaired) electrons. The van der Waals surface area contributed by atoms with Crippen LogP contribution in [0.4, 0.5) is 4.79 Å². The van der Waals surface area contributed by atoms with E-state index in [-0.39, 0.29) is 10.1 Å². The van der Waals surface area contributed by atoms with Crippen molar-refractivity contribution in [1.82, 2.24) is 4.90 Å². The van der Waals surface area contributed by atoms with Crippen LogP contribution in [0.2, 0.25) is 0 Å². The van der Waals surface area contributed by atoms with Crippen LogP contribution in [0.3, 0.4) is 0 Å². The third kappa shape index (κ3) is 1.64. The maximum Gasteiger partial charge on any atom is 0.407 e. The fraction of sp³-hybridized carbons (Fsp3) is 0.875. The number of carboxylic acid groups (broad SMARTS) is 1. The van der Waals surface area contributed by atoms with Crippen LogP contribution in [0.15, 0.2) is 0 Å². The lowest BCUT2D eigenvalue weighted by atomic mass is 10.2. The summed E-state index contributed by atoms with van der Waals surface area (Å²) in [5.74, 6) is 2.34. The van der Waals surface area contributed by atoms with Crippen LogP contribution < -0.4 is 0 Å². The fourth-order valence-electron chi connectivity index (χ4n) is 2.00. The lowest BCUT2D eigenvalue weighted by Crippen LogP contribution is -2.33. The van der Waals surface area contributed by atoms with E-state index in [9.17, 15) is 4.79 Å². The van der Waals surface area contributed by atoms with E-state index >= 15 is 0 Å². The van der Waals surface area contributed by atoms with E-state index in [0.717, 1.165) is 6.42 Å². The Morgan fingerprint density at radius 3 is 2.62 bits per heavy atom. The SMILES string of the molecule is C[C@@H]1CC2(CN1C(=O)O)SCCS2. The smallest absolute Gasteiger partial charge is 0.407 e. The van der Waals surface area contributed by atoms with Crippen molar-refractivity contribution in [3.8, 4) is 0 Å². The molecule has 0 aromatic heterocycles. The molecule has 13 heavy (non-hydrogen) atoms. The molecule has 2 heterocycles. The highest BCUT2D eigenvalue weighted by molar-refractivity contribution is 8.21. The Balaban J connectivity index is 2.09. The van der Waals surface area contributed by atoms with Crippen LogP contribution >= 0.6 is 23.5 Å². The monoisotopic (exact) mass is 219 g/mol. The van der Waals surface area contributed by atoms with E-state index in [1.807, 2.05) is 30.4 Å². The molecule has 1 N–H and O–H groups in total. The van der Waals surface area contributed by atoms with E-state index in [2.05, 4.69) is 0 Å². The van der Waals surface area contributed by atoms with E-state index < -0.39 is 6.09 Å². The Bertz CT molecular complexity index is 228. The third-order valence-electron chi connectivity index (χ3n) is 2.61. The predicted octanol–water partition coefficient (Wildman–Crippen LogP) is 1.93. The number of nitrogens with zero attached hydrogens (tertiary/aromatic N) is 1. The van der Waals surface area contributed by atoms with Crippen molar-refractivity contribution >= 4 is 29.6 Å². The number of carbonyl (C=O) groups is 1. The molecule has 0 aliphatic carbocycles. The Hall–Kier alpha value is -0.0300. The van der Waals surface area contributed by atoms with Crippen molar-refractivity contribution in [3.05, 3.63) is 0 Å². The second-order valence-corrected chi connectivity index (χ2v) is 6.79. The van der Waals surface area contributed by atoms with Gasteiger partial charge in [-0.3, -0.25) is 0 Å². The fourth-order valence-corrected chi connectivity index (χ4v) is 5.43. The van der Waals surface area contributed by atoms with Gasteiger partial charge in [-0.25, -0.2) is 4.79 Å². The van der Waals surface area contributed by atoms with Gasteiger partial charge in [0.15, 0.2) is 0 Å². The summed E-state index contributed by atoms with van der Waals surface area (Å²) >= 11 is 3.87. The molecule has 1 atom stereocenters. The topological polar surface area (TPSA) is 40.5 Å². The van der Waals surface area contributed by atoms with Crippen molar-refractivity contribution in [1.29, 1.82) is 0 Å². The van der Waals surface area contributed by atoms with Crippen LogP contribution in [0.1, 0.15) is 13.3 Å². The van der Waals surface area contributed by atoms with Gasteiger partial charge in [-0.2, -0.15) is 0 Å². The van der Waals surface area contributed by atoms with Crippen LogP contribution in [-0.2, 0) is 0 Å². The van der Waals surface area contributed by atoms with E-state index in [0.29, 0.717) is 6.54 Å². The van der Waals surface area contributed by atoms with Gasteiger partial charge in [-0.1, -0.05) is 0 Å². The van der Waals surface area contributed by atoms with Crippen LogP contribution in [0.25, 0.3) is 0 Å². The van der Waals surface area contributed by atoms with E-state index in [4.69, 9.17) is 5.11 Å². The zero-order valence-electron chi connectivity index (χ0n) is 7.52. The summed E-state index contributed by atoms with van der Waals surface area (Å²) in [5.41, 5.74) is 0. The molecule has 0 bridgehead atoms. The normalized spacial score (nSPS) is 31.5. The molecular weight excluding hydrogens is 206 g/mol. The second kappa shape index (κ2) is 3.28. The molecule has 1 spiro atoms. The first-order valence-electron chi connectivity index (χ1n) is 4.40. The average Bonchev–Trinajstić information content (AvgIpc) is 2.60. The lowest BCUT2D eigenvalue weighted by Gasteiger charge is -2.20. The van der Waals surface area contributed by atoms with Gasteiger partial charge in [-0.15, -0.1) is 23.5 Å². The zero-order chi connectivity index (χ0) is 9.47. The number of hydrogen-bond donors (Lipinski definition) is 1. The van der Waals surface area contributed by atoms with Gasteiger partial charge >= 0.3 is 6.09 Å². The van der Waals surface area contributed by atoms with Crippen LogP contribution in [-0.4, -0.2) is 44.3 Å². The molecule has 5 heteroatoms. The van der Waals surface area contributed by atoms with Gasteiger partial charge in [0, 0.05) is 24.1 Å². The first-order valence-corrected chi connectivity index (χ1v) is 6.38.